The monoisotopic (exact) mass is 442 g/mol. The van der Waals surface area contributed by atoms with Gasteiger partial charge in [0.25, 0.3) is 0 Å². The van der Waals surface area contributed by atoms with Crippen LogP contribution in [0.1, 0.15) is 119 Å². The van der Waals surface area contributed by atoms with Crippen LogP contribution in [-0.2, 0) is 0 Å². The summed E-state index contributed by atoms with van der Waals surface area (Å²) in [7, 11) is 0. The second kappa shape index (κ2) is 8.86. The first-order valence-corrected chi connectivity index (χ1v) is 13.5. The maximum absolute atomic E-state index is 13.3. The molecule has 4 aliphatic rings. The third kappa shape index (κ3) is 4.46. The van der Waals surface area contributed by atoms with Crippen molar-refractivity contribution in [1.29, 1.82) is 0 Å². The fourth-order valence-electron chi connectivity index (χ4n) is 9.64. The lowest BCUT2D eigenvalue weighted by Gasteiger charge is -2.62. The van der Waals surface area contributed by atoms with Gasteiger partial charge in [0.1, 0.15) is 0 Å². The molecular formula is C28H49F3. The first-order chi connectivity index (χ1) is 14.4. The molecule has 0 amide bonds. The van der Waals surface area contributed by atoms with Gasteiger partial charge in [0.15, 0.2) is 0 Å². The highest BCUT2D eigenvalue weighted by atomic mass is 19.4. The van der Waals surface area contributed by atoms with E-state index >= 15 is 0 Å². The summed E-state index contributed by atoms with van der Waals surface area (Å²) in [6.07, 6.45) is 8.18. The fraction of sp³-hybridized carbons (Fsp3) is 1.00. The molecule has 4 saturated carbocycles. The van der Waals surface area contributed by atoms with E-state index in [1.54, 1.807) is 0 Å². The van der Waals surface area contributed by atoms with Crippen LogP contribution < -0.4 is 0 Å². The molecule has 4 rings (SSSR count). The Labute approximate surface area is 190 Å². The van der Waals surface area contributed by atoms with Crippen LogP contribution in [0.25, 0.3) is 0 Å². The smallest absolute Gasteiger partial charge is 0.171 e. The Balaban J connectivity index is 0.00000132. The Morgan fingerprint density at radius 3 is 2.03 bits per heavy atom. The molecule has 0 saturated heterocycles. The van der Waals surface area contributed by atoms with E-state index in [0.717, 1.165) is 36.5 Å². The number of rotatable bonds is 3. The molecule has 31 heavy (non-hydrogen) atoms. The average Bonchev–Trinajstić information content (AvgIpc) is 3.05. The first kappa shape index (κ1) is 25.4. The van der Waals surface area contributed by atoms with E-state index in [1.165, 1.54) is 51.4 Å². The van der Waals surface area contributed by atoms with Gasteiger partial charge in [-0.2, -0.15) is 13.2 Å². The van der Waals surface area contributed by atoms with Gasteiger partial charge in [-0.3, -0.25) is 0 Å². The van der Waals surface area contributed by atoms with Crippen molar-refractivity contribution >= 4 is 0 Å². The van der Waals surface area contributed by atoms with E-state index in [4.69, 9.17) is 0 Å². The summed E-state index contributed by atoms with van der Waals surface area (Å²) in [4.78, 5) is 0. The zero-order valence-electron chi connectivity index (χ0n) is 21.4. The van der Waals surface area contributed by atoms with Crippen molar-refractivity contribution < 1.29 is 13.2 Å². The van der Waals surface area contributed by atoms with E-state index in [9.17, 15) is 13.2 Å². The molecule has 0 N–H and O–H groups in total. The first-order valence-electron chi connectivity index (χ1n) is 13.5. The van der Waals surface area contributed by atoms with Gasteiger partial charge in [0.2, 0.25) is 0 Å². The second-order valence-electron chi connectivity index (χ2n) is 12.7. The molecule has 0 aliphatic heterocycles. The van der Waals surface area contributed by atoms with Crippen molar-refractivity contribution in [2.75, 3.05) is 0 Å². The number of fused-ring (bicyclic) bond motifs is 5. The van der Waals surface area contributed by atoms with Crippen LogP contribution >= 0.6 is 0 Å². The number of hydrogen-bond donors (Lipinski definition) is 0. The maximum atomic E-state index is 13.3. The summed E-state index contributed by atoms with van der Waals surface area (Å²) < 4.78 is 40.0. The predicted octanol–water partition coefficient (Wildman–Crippen LogP) is 9.68. The highest BCUT2D eigenvalue weighted by molar-refractivity contribution is 5.11. The van der Waals surface area contributed by atoms with Crippen molar-refractivity contribution in [1.82, 2.24) is 0 Å². The van der Waals surface area contributed by atoms with E-state index in [0.29, 0.717) is 11.3 Å². The van der Waals surface area contributed by atoms with E-state index in [2.05, 4.69) is 20.8 Å². The lowest BCUT2D eigenvalue weighted by molar-refractivity contribution is -0.173. The van der Waals surface area contributed by atoms with Gasteiger partial charge in [-0.25, -0.2) is 0 Å². The molecule has 0 nitrogen and oxygen atoms in total. The van der Waals surface area contributed by atoms with Crippen LogP contribution in [0.4, 0.5) is 13.2 Å². The Bertz CT molecular complexity index is 608. The van der Waals surface area contributed by atoms with Gasteiger partial charge in [-0.1, -0.05) is 54.9 Å². The predicted molar refractivity (Wildman–Crippen MR) is 125 cm³/mol. The summed E-state index contributed by atoms with van der Waals surface area (Å²) in [6.45, 7) is 15.1. The van der Waals surface area contributed by atoms with Crippen molar-refractivity contribution in [3.05, 3.63) is 0 Å². The van der Waals surface area contributed by atoms with Gasteiger partial charge in [-0.15, -0.1) is 0 Å². The molecule has 5 unspecified atom stereocenters. The third-order valence-corrected chi connectivity index (χ3v) is 11.0. The maximum Gasteiger partial charge on any atom is 0.389 e. The normalized spacial score (nSPS) is 45.1. The van der Waals surface area contributed by atoms with E-state index in [-0.39, 0.29) is 11.3 Å². The van der Waals surface area contributed by atoms with Crippen LogP contribution in [0.15, 0.2) is 0 Å². The number of halogens is 3. The summed E-state index contributed by atoms with van der Waals surface area (Å²) >= 11 is 0. The second-order valence-corrected chi connectivity index (χ2v) is 12.7. The van der Waals surface area contributed by atoms with Gasteiger partial charge < -0.3 is 0 Å². The summed E-state index contributed by atoms with van der Waals surface area (Å²) in [5.74, 6) is 4.27. The van der Waals surface area contributed by atoms with Gasteiger partial charge in [0, 0.05) is 6.42 Å². The summed E-state index contributed by atoms with van der Waals surface area (Å²) in [5, 5.41) is 0. The Morgan fingerprint density at radius 2 is 1.42 bits per heavy atom. The molecule has 0 radical (unpaired) electrons. The van der Waals surface area contributed by atoms with E-state index < -0.39 is 18.0 Å². The molecule has 3 heteroatoms. The molecule has 0 heterocycles. The lowest BCUT2D eigenvalue weighted by atomic mass is 9.43. The molecule has 0 aromatic carbocycles. The van der Waals surface area contributed by atoms with Gasteiger partial charge in [-0.05, 0) is 110 Å². The van der Waals surface area contributed by atoms with Crippen LogP contribution in [0.3, 0.4) is 0 Å². The third-order valence-electron chi connectivity index (χ3n) is 11.0. The molecule has 0 aromatic rings. The zero-order valence-corrected chi connectivity index (χ0v) is 21.4. The van der Waals surface area contributed by atoms with Crippen molar-refractivity contribution in [3.63, 3.8) is 0 Å². The van der Waals surface area contributed by atoms with Gasteiger partial charge in [0.05, 0.1) is 0 Å². The lowest BCUT2D eigenvalue weighted by Crippen LogP contribution is -2.54. The number of hydrogen-bond acceptors (Lipinski definition) is 0. The zero-order chi connectivity index (χ0) is 23.2. The quantitative estimate of drug-likeness (QED) is 0.408. The highest BCUT2D eigenvalue weighted by Crippen LogP contribution is 2.70. The summed E-state index contributed by atoms with van der Waals surface area (Å²) in [5.41, 5.74) is -0.0376. The Hall–Kier alpha value is -0.210. The molecule has 8 atom stereocenters. The van der Waals surface area contributed by atoms with Crippen LogP contribution in [0.2, 0.25) is 0 Å². The minimum absolute atomic E-state index is 0.111. The number of alkyl halides is 3. The Morgan fingerprint density at radius 1 is 0.806 bits per heavy atom. The molecular weight excluding hydrogens is 393 g/mol. The van der Waals surface area contributed by atoms with Gasteiger partial charge >= 0.3 is 6.18 Å². The Kier molecular flexibility index (Phi) is 7.26. The minimum atomic E-state index is -4.06. The molecule has 0 aromatic heterocycles. The largest absolute Gasteiger partial charge is 0.389 e. The molecule has 4 fully saturated rings. The SMILES string of the molecule is CC.CC[C@H]1CC[C@@]2(C)C(CCC3C2CC[C@@]2(C)C3CCC2C(C)(C)CC(F)(F)F)C1. The molecule has 0 bridgehead atoms. The van der Waals surface area contributed by atoms with Crippen molar-refractivity contribution in [3.8, 4) is 0 Å². The molecule has 4 aliphatic carbocycles. The topological polar surface area (TPSA) is 0 Å². The van der Waals surface area contributed by atoms with Crippen LogP contribution in [0, 0.1) is 51.8 Å². The molecule has 182 valence electrons. The van der Waals surface area contributed by atoms with E-state index in [1.807, 2.05) is 27.7 Å². The average molecular weight is 443 g/mol. The fourth-order valence-corrected chi connectivity index (χ4v) is 9.64. The highest BCUT2D eigenvalue weighted by Gasteiger charge is 2.62. The standard InChI is InChI=1S/C26H43F3.C2H6/c1-6-17-11-13-24(4)18(15-17)7-8-19-20-9-10-22(23(2,3)16-26(27,28)29)25(20,5)14-12-21(19)24;1-2/h17-22H,6-16H2,1-5H3;1-2H3/t17-,18?,19?,20?,21?,22?,24-,25-;/m0./s1. The van der Waals surface area contributed by atoms with Crippen LogP contribution in [-0.4, -0.2) is 6.18 Å². The van der Waals surface area contributed by atoms with Crippen molar-refractivity contribution in [2.45, 2.75) is 125 Å². The summed E-state index contributed by atoms with van der Waals surface area (Å²) in [6, 6.07) is 0. The molecule has 0 spiro atoms. The minimum Gasteiger partial charge on any atom is -0.171 e. The van der Waals surface area contributed by atoms with Crippen LogP contribution in [0.5, 0.6) is 0 Å². The van der Waals surface area contributed by atoms with Crippen molar-refractivity contribution in [2.24, 2.45) is 51.8 Å².